The molecule has 4 rings (SSSR count). The highest BCUT2D eigenvalue weighted by Gasteiger charge is 2.40. The monoisotopic (exact) mass is 355 g/mol. The highest BCUT2D eigenvalue weighted by molar-refractivity contribution is 8.02. The second kappa shape index (κ2) is 6.91. The number of rotatable bonds is 3. The zero-order valence-corrected chi connectivity index (χ0v) is 15.5. The number of carboxylic acid groups (broad SMARTS) is 1. The Morgan fingerprint density at radius 3 is 2.76 bits per heavy atom. The van der Waals surface area contributed by atoms with Crippen molar-refractivity contribution in [3.63, 3.8) is 0 Å². The van der Waals surface area contributed by atoms with Crippen LogP contribution in [-0.2, 0) is 11.2 Å². The molecular formula is C21H25NO2S. The van der Waals surface area contributed by atoms with Crippen molar-refractivity contribution in [3.8, 4) is 0 Å². The summed E-state index contributed by atoms with van der Waals surface area (Å²) in [6, 6.07) is 7.81. The minimum absolute atomic E-state index is 0.0826. The van der Waals surface area contributed by atoms with E-state index in [1.54, 1.807) is 0 Å². The van der Waals surface area contributed by atoms with Crippen LogP contribution in [-0.4, -0.2) is 29.9 Å². The van der Waals surface area contributed by atoms with E-state index in [4.69, 9.17) is 0 Å². The van der Waals surface area contributed by atoms with Crippen molar-refractivity contribution in [1.82, 2.24) is 0 Å². The summed E-state index contributed by atoms with van der Waals surface area (Å²) in [5.41, 5.74) is 6.74. The molecule has 0 aromatic heterocycles. The predicted octanol–water partition coefficient (Wildman–Crippen LogP) is 4.64. The fraction of sp³-hybridized carbons (Fsp3) is 0.476. The third-order valence-corrected chi connectivity index (χ3v) is 6.81. The standard InChI is InChI=1S/C21H25NO2S/c1-22-19-9-5-2-6-14(19)12-18(20(22)21(23)24)17-8-4-3-7-16(17)15-10-11-25-13-15/h2,5-6,9,13,18,20H,3-4,7-8,10-12H2,1H3,(H,23,24). The number of thioether (sulfide) groups is 1. The molecule has 3 aliphatic rings. The molecule has 0 saturated carbocycles. The van der Waals surface area contributed by atoms with Gasteiger partial charge in [-0.2, -0.15) is 0 Å². The fourth-order valence-corrected chi connectivity index (χ4v) is 5.68. The molecule has 0 saturated heterocycles. The van der Waals surface area contributed by atoms with E-state index in [9.17, 15) is 9.90 Å². The summed E-state index contributed by atoms with van der Waals surface area (Å²) in [6.07, 6.45) is 6.58. The maximum Gasteiger partial charge on any atom is 0.326 e. The van der Waals surface area contributed by atoms with E-state index < -0.39 is 12.0 Å². The summed E-state index contributed by atoms with van der Waals surface area (Å²) in [5.74, 6) is 0.551. The second-order valence-electron chi connectivity index (χ2n) is 7.31. The smallest absolute Gasteiger partial charge is 0.326 e. The first-order chi connectivity index (χ1) is 12.2. The van der Waals surface area contributed by atoms with Crippen molar-refractivity contribution in [2.75, 3.05) is 17.7 Å². The Balaban J connectivity index is 1.80. The molecule has 3 nitrogen and oxygen atoms in total. The van der Waals surface area contributed by atoms with Gasteiger partial charge in [0.15, 0.2) is 0 Å². The minimum atomic E-state index is -0.700. The average Bonchev–Trinajstić information content (AvgIpc) is 3.16. The molecule has 1 aromatic rings. The summed E-state index contributed by atoms with van der Waals surface area (Å²) in [6.45, 7) is 0. The van der Waals surface area contributed by atoms with E-state index in [2.05, 4.69) is 17.5 Å². The van der Waals surface area contributed by atoms with Crippen LogP contribution in [0, 0.1) is 5.92 Å². The molecule has 2 atom stereocenters. The Kier molecular flexibility index (Phi) is 4.63. The van der Waals surface area contributed by atoms with Crippen molar-refractivity contribution in [2.24, 2.45) is 5.92 Å². The van der Waals surface area contributed by atoms with Gasteiger partial charge in [0, 0.05) is 24.4 Å². The number of anilines is 1. The van der Waals surface area contributed by atoms with Crippen LogP contribution in [0.1, 0.15) is 37.7 Å². The highest BCUT2D eigenvalue weighted by atomic mass is 32.2. The largest absolute Gasteiger partial charge is 0.480 e. The average molecular weight is 356 g/mol. The number of para-hydroxylation sites is 1. The third kappa shape index (κ3) is 3.01. The van der Waals surface area contributed by atoms with E-state index in [-0.39, 0.29) is 5.92 Å². The molecule has 1 N–H and O–H groups in total. The number of allylic oxidation sites excluding steroid dienone is 2. The van der Waals surface area contributed by atoms with Crippen molar-refractivity contribution >= 4 is 23.4 Å². The molecule has 1 aliphatic carbocycles. The number of fused-ring (bicyclic) bond motifs is 1. The highest BCUT2D eigenvalue weighted by Crippen LogP contribution is 2.44. The lowest BCUT2D eigenvalue weighted by Crippen LogP contribution is -2.49. The van der Waals surface area contributed by atoms with Crippen LogP contribution in [0.15, 0.2) is 46.4 Å². The number of carboxylic acids is 1. The SMILES string of the molecule is CN1c2ccccc2CC(C2=C(C3=CSCC3)CCCC2)C1C(=O)O. The van der Waals surface area contributed by atoms with Crippen molar-refractivity contribution in [1.29, 1.82) is 0 Å². The number of nitrogens with zero attached hydrogens (tertiary/aromatic N) is 1. The summed E-state index contributed by atoms with van der Waals surface area (Å²) < 4.78 is 0. The van der Waals surface area contributed by atoms with Crippen molar-refractivity contribution < 1.29 is 9.90 Å². The second-order valence-corrected chi connectivity index (χ2v) is 8.29. The molecule has 1 aromatic carbocycles. The molecule has 25 heavy (non-hydrogen) atoms. The van der Waals surface area contributed by atoms with Gasteiger partial charge < -0.3 is 10.0 Å². The van der Waals surface area contributed by atoms with Gasteiger partial charge in [0.25, 0.3) is 0 Å². The topological polar surface area (TPSA) is 40.5 Å². The molecular weight excluding hydrogens is 330 g/mol. The van der Waals surface area contributed by atoms with Crippen LogP contribution < -0.4 is 4.90 Å². The number of likely N-dealkylation sites (N-methyl/N-ethyl adjacent to an activating group) is 1. The quantitative estimate of drug-likeness (QED) is 0.857. The Hall–Kier alpha value is -1.68. The van der Waals surface area contributed by atoms with Gasteiger partial charge in [-0.25, -0.2) is 4.79 Å². The summed E-state index contributed by atoms with van der Waals surface area (Å²) in [5, 5.41) is 12.3. The van der Waals surface area contributed by atoms with E-state index in [0.29, 0.717) is 0 Å². The van der Waals surface area contributed by atoms with Gasteiger partial charge >= 0.3 is 5.97 Å². The lowest BCUT2D eigenvalue weighted by molar-refractivity contribution is -0.139. The first-order valence-corrected chi connectivity index (χ1v) is 10.3. The van der Waals surface area contributed by atoms with Crippen LogP contribution in [0.5, 0.6) is 0 Å². The molecule has 2 aliphatic heterocycles. The number of aliphatic carboxylic acids is 1. The Labute approximate surface area is 153 Å². The van der Waals surface area contributed by atoms with Crippen LogP contribution in [0.4, 0.5) is 5.69 Å². The van der Waals surface area contributed by atoms with E-state index in [1.807, 2.05) is 35.8 Å². The maximum atomic E-state index is 12.2. The zero-order valence-electron chi connectivity index (χ0n) is 14.7. The molecule has 0 fully saturated rings. The van der Waals surface area contributed by atoms with Crippen LogP contribution in [0.2, 0.25) is 0 Å². The molecule has 2 heterocycles. The summed E-state index contributed by atoms with van der Waals surface area (Å²) >= 11 is 1.90. The summed E-state index contributed by atoms with van der Waals surface area (Å²) in [4.78, 5) is 14.2. The first kappa shape index (κ1) is 16.8. The number of benzene rings is 1. The van der Waals surface area contributed by atoms with Gasteiger partial charge in [-0.05, 0) is 66.7 Å². The Morgan fingerprint density at radius 2 is 2.00 bits per heavy atom. The number of carbonyl (C=O) groups is 1. The van der Waals surface area contributed by atoms with Crippen molar-refractivity contribution in [2.45, 2.75) is 44.6 Å². The lowest BCUT2D eigenvalue weighted by Gasteiger charge is -2.42. The van der Waals surface area contributed by atoms with Crippen LogP contribution in [0.3, 0.4) is 0 Å². The molecule has 0 radical (unpaired) electrons. The van der Waals surface area contributed by atoms with Gasteiger partial charge in [0.1, 0.15) is 6.04 Å². The normalized spacial score (nSPS) is 26.4. The van der Waals surface area contributed by atoms with E-state index in [1.165, 1.54) is 40.9 Å². The summed E-state index contributed by atoms with van der Waals surface area (Å²) in [7, 11) is 1.94. The van der Waals surface area contributed by atoms with Gasteiger partial charge in [-0.15, -0.1) is 11.8 Å². The third-order valence-electron chi connectivity index (χ3n) is 5.92. The number of hydrogen-bond acceptors (Lipinski definition) is 3. The molecule has 4 heteroatoms. The van der Waals surface area contributed by atoms with Crippen LogP contribution in [0.25, 0.3) is 0 Å². The van der Waals surface area contributed by atoms with Gasteiger partial charge in [0.05, 0.1) is 0 Å². The molecule has 2 unspecified atom stereocenters. The van der Waals surface area contributed by atoms with Gasteiger partial charge in [-0.3, -0.25) is 0 Å². The van der Waals surface area contributed by atoms with E-state index >= 15 is 0 Å². The molecule has 0 spiro atoms. The predicted molar refractivity (Wildman–Crippen MR) is 104 cm³/mol. The number of hydrogen-bond donors (Lipinski definition) is 1. The Morgan fingerprint density at radius 1 is 1.20 bits per heavy atom. The zero-order chi connectivity index (χ0) is 17.4. The molecule has 132 valence electrons. The molecule has 0 amide bonds. The Bertz CT molecular complexity index is 752. The van der Waals surface area contributed by atoms with Gasteiger partial charge in [0.2, 0.25) is 0 Å². The fourth-order valence-electron chi connectivity index (χ4n) is 4.76. The minimum Gasteiger partial charge on any atom is -0.480 e. The first-order valence-electron chi connectivity index (χ1n) is 9.23. The maximum absolute atomic E-state index is 12.2. The van der Waals surface area contributed by atoms with Gasteiger partial charge in [-0.1, -0.05) is 23.8 Å². The van der Waals surface area contributed by atoms with Crippen LogP contribution >= 0.6 is 11.8 Å². The van der Waals surface area contributed by atoms with Crippen molar-refractivity contribution in [3.05, 3.63) is 52.0 Å². The van der Waals surface area contributed by atoms with E-state index in [0.717, 1.165) is 31.4 Å². The lowest BCUT2D eigenvalue weighted by atomic mass is 9.73. The molecule has 0 bridgehead atoms.